The number of benzene rings is 1. The minimum Gasteiger partial charge on any atom is -0.508 e. The third-order valence-electron chi connectivity index (χ3n) is 3.28. The Morgan fingerprint density at radius 1 is 1.46 bits per heavy atom. The molecule has 2 rings (SSSR count). The van der Waals surface area contributed by atoms with E-state index in [1.165, 1.54) is 16.7 Å². The molecule has 1 heterocycles. The molecule has 1 aromatic carbocycles. The van der Waals surface area contributed by atoms with Crippen molar-refractivity contribution in [2.45, 2.75) is 20.4 Å². The van der Waals surface area contributed by atoms with Gasteiger partial charge in [-0.3, -0.25) is 14.2 Å². The zero-order valence-electron chi connectivity index (χ0n) is 13.4. The fourth-order valence-corrected chi connectivity index (χ4v) is 3.37. The van der Waals surface area contributed by atoms with E-state index in [0.717, 1.165) is 11.3 Å². The Kier molecular flexibility index (Phi) is 5.55. The van der Waals surface area contributed by atoms with Gasteiger partial charge in [0, 0.05) is 13.1 Å². The summed E-state index contributed by atoms with van der Waals surface area (Å²) in [5.41, 5.74) is 0.328. The lowest BCUT2D eigenvalue weighted by atomic mass is 10.2. The van der Waals surface area contributed by atoms with E-state index in [-0.39, 0.29) is 16.9 Å². The summed E-state index contributed by atoms with van der Waals surface area (Å²) in [6.45, 7) is 4.29. The summed E-state index contributed by atoms with van der Waals surface area (Å²) in [7, 11) is 0. The summed E-state index contributed by atoms with van der Waals surface area (Å²) >= 11 is 1.09. The fraction of sp³-hybridized carbons (Fsp3) is 0.235. The maximum atomic E-state index is 12.5. The van der Waals surface area contributed by atoms with Gasteiger partial charge in [0.1, 0.15) is 16.5 Å². The zero-order valence-corrected chi connectivity index (χ0v) is 14.2. The largest absolute Gasteiger partial charge is 0.508 e. The van der Waals surface area contributed by atoms with Crippen molar-refractivity contribution < 1.29 is 9.90 Å². The fourth-order valence-electron chi connectivity index (χ4n) is 2.20. The molecule has 2 aromatic rings. The van der Waals surface area contributed by atoms with Crippen molar-refractivity contribution in [3.63, 3.8) is 0 Å². The van der Waals surface area contributed by atoms with Crippen LogP contribution < -0.4 is 20.1 Å². The monoisotopic (exact) mass is 343 g/mol. The van der Waals surface area contributed by atoms with Crippen LogP contribution in [0.1, 0.15) is 19.4 Å². The van der Waals surface area contributed by atoms with Crippen LogP contribution in [0.4, 0.5) is 0 Å². The molecule has 0 saturated heterocycles. The van der Waals surface area contributed by atoms with Crippen LogP contribution in [-0.2, 0) is 11.3 Å². The first-order valence-electron chi connectivity index (χ1n) is 7.44. The van der Waals surface area contributed by atoms with Gasteiger partial charge in [-0.1, -0.05) is 12.1 Å². The van der Waals surface area contributed by atoms with E-state index in [2.05, 4.69) is 5.32 Å². The number of nitrogens with zero attached hydrogens (tertiary/aromatic N) is 2. The van der Waals surface area contributed by atoms with Crippen LogP contribution in [0.2, 0.25) is 0 Å². The number of thiazole rings is 1. The first-order chi connectivity index (χ1) is 11.5. The van der Waals surface area contributed by atoms with Crippen molar-refractivity contribution >= 4 is 28.9 Å². The molecule has 0 radical (unpaired) electrons. The number of nitrogens with one attached hydrogen (secondary N) is 1. The van der Waals surface area contributed by atoms with Crippen molar-refractivity contribution in [1.29, 1.82) is 5.26 Å². The minimum atomic E-state index is -0.493. The third-order valence-corrected chi connectivity index (χ3v) is 4.41. The number of nitriles is 1. The lowest BCUT2D eigenvalue weighted by Crippen LogP contribution is -2.34. The summed E-state index contributed by atoms with van der Waals surface area (Å²) in [6.07, 6.45) is 1.63. The Balaban J connectivity index is 2.76. The number of aromatic nitrogens is 1. The maximum Gasteiger partial charge on any atom is 0.269 e. The molecular formula is C17H17N3O3S. The van der Waals surface area contributed by atoms with E-state index in [9.17, 15) is 20.0 Å². The summed E-state index contributed by atoms with van der Waals surface area (Å²) in [5, 5.41) is 21.4. The Labute approximate surface area is 142 Å². The van der Waals surface area contributed by atoms with Crippen LogP contribution in [0.15, 0.2) is 29.1 Å². The second-order valence-corrected chi connectivity index (χ2v) is 5.94. The lowest BCUT2D eigenvalue weighted by Gasteiger charge is -2.00. The molecule has 0 atom stereocenters. The molecular weight excluding hydrogens is 326 g/mol. The molecule has 0 bridgehead atoms. The number of hydrogen-bond acceptors (Lipinski definition) is 5. The van der Waals surface area contributed by atoms with Crippen molar-refractivity contribution in [1.82, 2.24) is 9.88 Å². The van der Waals surface area contributed by atoms with Gasteiger partial charge >= 0.3 is 0 Å². The van der Waals surface area contributed by atoms with Crippen LogP contribution in [0, 0.1) is 11.3 Å². The van der Waals surface area contributed by atoms with Crippen molar-refractivity contribution in [2.75, 3.05) is 6.54 Å². The highest BCUT2D eigenvalue weighted by atomic mass is 32.1. The Bertz CT molecular complexity index is 980. The highest BCUT2D eigenvalue weighted by Crippen LogP contribution is 2.10. The van der Waals surface area contributed by atoms with Crippen molar-refractivity contribution in [2.24, 2.45) is 0 Å². The van der Waals surface area contributed by atoms with E-state index in [4.69, 9.17) is 0 Å². The predicted octanol–water partition coefficient (Wildman–Crippen LogP) is 0.274. The average Bonchev–Trinajstić information content (AvgIpc) is 2.84. The van der Waals surface area contributed by atoms with Crippen LogP contribution in [0.25, 0.3) is 11.6 Å². The van der Waals surface area contributed by atoms with E-state index in [0.29, 0.717) is 27.8 Å². The van der Waals surface area contributed by atoms with Gasteiger partial charge in [-0.25, -0.2) is 0 Å². The van der Waals surface area contributed by atoms with Gasteiger partial charge in [0.2, 0.25) is 0 Å². The number of phenolic OH excluding ortho intramolecular Hbond substituents is 1. The standard InChI is InChI=1S/C17H17N3O3S/c1-3-19-15(22)13(10-18)17-20(4-2)16(23)14(24-17)9-11-6-5-7-12(21)8-11/h5-9,21H,3-4H2,1-2H3,(H,19,22)/b14-9?,17-13-. The number of amides is 1. The van der Waals surface area contributed by atoms with Gasteiger partial charge < -0.3 is 10.4 Å². The molecule has 0 aliphatic rings. The molecule has 1 aromatic heterocycles. The molecule has 0 spiro atoms. The second-order valence-electron chi connectivity index (χ2n) is 4.91. The number of carbonyl (C=O) groups excluding carboxylic acids is 1. The molecule has 124 valence electrons. The van der Waals surface area contributed by atoms with Crippen LogP contribution in [0.3, 0.4) is 0 Å². The minimum absolute atomic E-state index is 0.0728. The maximum absolute atomic E-state index is 12.5. The highest BCUT2D eigenvalue weighted by molar-refractivity contribution is 7.07. The Morgan fingerprint density at radius 3 is 2.79 bits per heavy atom. The summed E-state index contributed by atoms with van der Waals surface area (Å²) in [4.78, 5) is 24.6. The first kappa shape index (κ1) is 17.5. The molecule has 0 aliphatic carbocycles. The SMILES string of the molecule is CCNC(=O)/C(C#N)=c1\sc(=Cc2cccc(O)c2)c(=O)n1CC. The number of aromatic hydroxyl groups is 1. The number of rotatable bonds is 4. The van der Waals surface area contributed by atoms with Gasteiger partial charge in [-0.05, 0) is 37.6 Å². The molecule has 2 N–H and O–H groups in total. The summed E-state index contributed by atoms with van der Waals surface area (Å²) in [6, 6.07) is 8.40. The van der Waals surface area contributed by atoms with Gasteiger partial charge in [0.15, 0.2) is 5.57 Å². The van der Waals surface area contributed by atoms with Crippen LogP contribution in [-0.4, -0.2) is 22.1 Å². The topological polar surface area (TPSA) is 95.1 Å². The van der Waals surface area contributed by atoms with Gasteiger partial charge in [0.05, 0.1) is 4.53 Å². The zero-order chi connectivity index (χ0) is 17.7. The van der Waals surface area contributed by atoms with E-state index in [1.54, 1.807) is 32.1 Å². The average molecular weight is 343 g/mol. The third kappa shape index (κ3) is 3.55. The van der Waals surface area contributed by atoms with E-state index in [1.807, 2.05) is 6.07 Å². The predicted molar refractivity (Wildman–Crippen MR) is 92.9 cm³/mol. The molecule has 6 nitrogen and oxygen atoms in total. The quantitative estimate of drug-likeness (QED) is 0.833. The van der Waals surface area contributed by atoms with Gasteiger partial charge in [-0.2, -0.15) is 5.26 Å². The molecule has 1 amide bonds. The first-order valence-corrected chi connectivity index (χ1v) is 8.26. The number of carbonyl (C=O) groups is 1. The molecule has 0 fully saturated rings. The van der Waals surface area contributed by atoms with Crippen LogP contribution in [0.5, 0.6) is 5.75 Å². The van der Waals surface area contributed by atoms with Crippen molar-refractivity contribution in [3.8, 4) is 11.8 Å². The smallest absolute Gasteiger partial charge is 0.269 e. The molecule has 0 aliphatic heterocycles. The van der Waals surface area contributed by atoms with Crippen LogP contribution >= 0.6 is 11.3 Å². The molecule has 7 heteroatoms. The second kappa shape index (κ2) is 7.62. The normalized spacial score (nSPS) is 12.6. The number of phenols is 1. The Morgan fingerprint density at radius 2 is 2.21 bits per heavy atom. The Hall–Kier alpha value is -2.85. The molecule has 0 unspecified atom stereocenters. The van der Waals surface area contributed by atoms with E-state index >= 15 is 0 Å². The number of hydrogen-bond donors (Lipinski definition) is 2. The summed E-state index contributed by atoms with van der Waals surface area (Å²) in [5.74, 6) is -0.393. The lowest BCUT2D eigenvalue weighted by molar-refractivity contribution is -0.115. The highest BCUT2D eigenvalue weighted by Gasteiger charge is 2.14. The van der Waals surface area contributed by atoms with Gasteiger partial charge in [0.25, 0.3) is 11.5 Å². The van der Waals surface area contributed by atoms with Gasteiger partial charge in [-0.15, -0.1) is 11.3 Å². The summed E-state index contributed by atoms with van der Waals surface area (Å²) < 4.78 is 2.14. The van der Waals surface area contributed by atoms with Crippen molar-refractivity contribution in [3.05, 3.63) is 49.4 Å². The molecule has 24 heavy (non-hydrogen) atoms. The van der Waals surface area contributed by atoms with E-state index < -0.39 is 5.91 Å². The molecule has 0 saturated carbocycles.